The second-order valence-corrected chi connectivity index (χ2v) is 5.25. The Bertz CT molecular complexity index is 196. The SMILES string of the molecule is CC1=CC2SC(C)=NC2S1. The van der Waals surface area contributed by atoms with Crippen LogP contribution in [0.2, 0.25) is 0 Å². The van der Waals surface area contributed by atoms with Crippen LogP contribution in [0.25, 0.3) is 0 Å². The van der Waals surface area contributed by atoms with E-state index in [0.29, 0.717) is 10.6 Å². The van der Waals surface area contributed by atoms with Crippen molar-refractivity contribution in [3.05, 3.63) is 11.0 Å². The number of nitrogens with zero attached hydrogens (tertiary/aromatic N) is 1. The minimum Gasteiger partial charge on any atom is -0.267 e. The average Bonchev–Trinajstić information content (AvgIpc) is 2.21. The highest BCUT2D eigenvalue weighted by Gasteiger charge is 2.31. The maximum atomic E-state index is 4.49. The van der Waals surface area contributed by atoms with Crippen molar-refractivity contribution in [2.45, 2.75) is 24.5 Å². The monoisotopic (exact) mass is 171 g/mol. The highest BCUT2D eigenvalue weighted by atomic mass is 32.2. The van der Waals surface area contributed by atoms with Gasteiger partial charge in [-0.1, -0.05) is 6.08 Å². The Morgan fingerprint density at radius 3 is 2.90 bits per heavy atom. The number of hydrogen-bond acceptors (Lipinski definition) is 3. The Kier molecular flexibility index (Phi) is 1.57. The molecule has 10 heavy (non-hydrogen) atoms. The molecule has 0 amide bonds. The molecule has 1 nitrogen and oxygen atoms in total. The van der Waals surface area contributed by atoms with Crippen molar-refractivity contribution < 1.29 is 0 Å². The van der Waals surface area contributed by atoms with Gasteiger partial charge in [-0.2, -0.15) is 0 Å². The third-order valence-electron chi connectivity index (χ3n) is 1.60. The lowest BCUT2D eigenvalue weighted by molar-refractivity contribution is 0.993. The fourth-order valence-electron chi connectivity index (χ4n) is 1.21. The lowest BCUT2D eigenvalue weighted by Gasteiger charge is -2.01. The summed E-state index contributed by atoms with van der Waals surface area (Å²) in [7, 11) is 0. The number of aliphatic imine (C=N–C) groups is 1. The second-order valence-electron chi connectivity index (χ2n) is 2.52. The van der Waals surface area contributed by atoms with Crippen LogP contribution >= 0.6 is 23.5 Å². The van der Waals surface area contributed by atoms with E-state index in [1.165, 1.54) is 9.95 Å². The van der Waals surface area contributed by atoms with Gasteiger partial charge in [-0.25, -0.2) is 0 Å². The molecule has 54 valence electrons. The zero-order chi connectivity index (χ0) is 7.14. The summed E-state index contributed by atoms with van der Waals surface area (Å²) in [4.78, 5) is 5.92. The third-order valence-corrected chi connectivity index (χ3v) is 4.04. The van der Waals surface area contributed by atoms with Crippen molar-refractivity contribution in [1.82, 2.24) is 0 Å². The molecule has 2 heterocycles. The van der Waals surface area contributed by atoms with E-state index in [0.717, 1.165) is 0 Å². The Morgan fingerprint density at radius 1 is 1.40 bits per heavy atom. The molecule has 0 N–H and O–H groups in total. The molecular formula is C7H9NS2. The Morgan fingerprint density at radius 2 is 2.20 bits per heavy atom. The second kappa shape index (κ2) is 2.31. The molecule has 0 aromatic rings. The lowest BCUT2D eigenvalue weighted by atomic mass is 10.4. The van der Waals surface area contributed by atoms with Gasteiger partial charge < -0.3 is 0 Å². The number of fused-ring (bicyclic) bond motifs is 1. The Labute approximate surface area is 69.4 Å². The molecule has 0 saturated heterocycles. The van der Waals surface area contributed by atoms with Crippen LogP contribution in [0.5, 0.6) is 0 Å². The summed E-state index contributed by atoms with van der Waals surface area (Å²) in [6.45, 7) is 4.25. The molecular weight excluding hydrogens is 162 g/mol. The summed E-state index contributed by atoms with van der Waals surface area (Å²) in [6.07, 6.45) is 2.32. The fraction of sp³-hybridized carbons (Fsp3) is 0.571. The molecule has 0 bridgehead atoms. The zero-order valence-electron chi connectivity index (χ0n) is 6.00. The first-order valence-corrected chi connectivity index (χ1v) is 5.08. The Hall–Kier alpha value is 0.110. The molecule has 2 rings (SSSR count). The molecule has 0 fully saturated rings. The molecule has 0 aromatic heterocycles. The predicted octanol–water partition coefficient (Wildman–Crippen LogP) is 2.50. The van der Waals surface area contributed by atoms with Crippen LogP contribution < -0.4 is 0 Å². The molecule has 2 aliphatic heterocycles. The van der Waals surface area contributed by atoms with E-state index in [4.69, 9.17) is 0 Å². The first kappa shape index (κ1) is 6.80. The van der Waals surface area contributed by atoms with Crippen molar-refractivity contribution in [3.63, 3.8) is 0 Å². The molecule has 2 unspecified atom stereocenters. The van der Waals surface area contributed by atoms with Gasteiger partial charge in [-0.15, -0.1) is 23.5 Å². The zero-order valence-corrected chi connectivity index (χ0v) is 7.63. The van der Waals surface area contributed by atoms with Crippen molar-refractivity contribution in [1.29, 1.82) is 0 Å². The van der Waals surface area contributed by atoms with E-state index in [9.17, 15) is 0 Å². The molecule has 0 radical (unpaired) electrons. The predicted molar refractivity (Wildman–Crippen MR) is 49.6 cm³/mol. The smallest absolute Gasteiger partial charge is 0.116 e. The molecule has 3 heteroatoms. The third kappa shape index (κ3) is 1.01. The number of rotatable bonds is 0. The van der Waals surface area contributed by atoms with Gasteiger partial charge in [-0.05, 0) is 18.8 Å². The normalized spacial score (nSPS) is 37.4. The first-order valence-electron chi connectivity index (χ1n) is 3.32. The van der Waals surface area contributed by atoms with Gasteiger partial charge in [0.15, 0.2) is 0 Å². The number of hydrogen-bond donors (Lipinski definition) is 0. The van der Waals surface area contributed by atoms with E-state index in [1.807, 2.05) is 23.5 Å². The molecule has 2 aliphatic rings. The highest BCUT2D eigenvalue weighted by Crippen LogP contribution is 2.43. The van der Waals surface area contributed by atoms with E-state index in [2.05, 4.69) is 24.9 Å². The average molecular weight is 171 g/mol. The largest absolute Gasteiger partial charge is 0.267 e. The van der Waals surface area contributed by atoms with Gasteiger partial charge in [0.2, 0.25) is 0 Å². The van der Waals surface area contributed by atoms with Crippen LogP contribution in [0.4, 0.5) is 0 Å². The summed E-state index contributed by atoms with van der Waals surface area (Å²) in [5.74, 6) is 0. The van der Waals surface area contributed by atoms with Crippen LogP contribution in [0.15, 0.2) is 16.0 Å². The number of thioether (sulfide) groups is 2. The van der Waals surface area contributed by atoms with E-state index in [1.54, 1.807) is 0 Å². The van der Waals surface area contributed by atoms with Crippen LogP contribution in [-0.4, -0.2) is 15.7 Å². The van der Waals surface area contributed by atoms with Crippen LogP contribution in [0, 0.1) is 0 Å². The topological polar surface area (TPSA) is 12.4 Å². The first-order chi connectivity index (χ1) is 4.75. The minimum absolute atomic E-state index is 0.505. The fourth-order valence-corrected chi connectivity index (χ4v) is 3.74. The number of allylic oxidation sites excluding steroid dienone is 1. The van der Waals surface area contributed by atoms with Crippen molar-refractivity contribution in [2.75, 3.05) is 0 Å². The van der Waals surface area contributed by atoms with Crippen molar-refractivity contribution in [3.8, 4) is 0 Å². The van der Waals surface area contributed by atoms with Gasteiger partial charge in [0, 0.05) is 0 Å². The summed E-state index contributed by atoms with van der Waals surface area (Å²) >= 11 is 3.79. The summed E-state index contributed by atoms with van der Waals surface area (Å²) < 4.78 is 0. The van der Waals surface area contributed by atoms with E-state index in [-0.39, 0.29) is 0 Å². The van der Waals surface area contributed by atoms with Gasteiger partial charge in [0.1, 0.15) is 5.37 Å². The van der Waals surface area contributed by atoms with Crippen LogP contribution in [0.3, 0.4) is 0 Å². The van der Waals surface area contributed by atoms with Gasteiger partial charge >= 0.3 is 0 Å². The van der Waals surface area contributed by atoms with E-state index < -0.39 is 0 Å². The Balaban J connectivity index is 2.17. The van der Waals surface area contributed by atoms with Gasteiger partial charge in [-0.3, -0.25) is 4.99 Å². The molecule has 2 atom stereocenters. The standard InChI is InChI=1S/C7H9NS2/c1-4-3-6-7(9-4)8-5(2)10-6/h3,6-7H,1-2H3. The maximum absolute atomic E-state index is 4.49. The van der Waals surface area contributed by atoms with Crippen LogP contribution in [-0.2, 0) is 0 Å². The summed E-state index contributed by atoms with van der Waals surface area (Å²) in [6, 6.07) is 0. The molecule has 0 spiro atoms. The van der Waals surface area contributed by atoms with Crippen molar-refractivity contribution in [2.24, 2.45) is 4.99 Å². The van der Waals surface area contributed by atoms with Crippen molar-refractivity contribution >= 4 is 28.6 Å². The highest BCUT2D eigenvalue weighted by molar-refractivity contribution is 8.16. The lowest BCUT2D eigenvalue weighted by Crippen LogP contribution is -2.03. The van der Waals surface area contributed by atoms with Gasteiger partial charge in [0.25, 0.3) is 0 Å². The minimum atomic E-state index is 0.505. The molecule has 0 saturated carbocycles. The van der Waals surface area contributed by atoms with Crippen LogP contribution in [0.1, 0.15) is 13.8 Å². The summed E-state index contributed by atoms with van der Waals surface area (Å²) in [5.41, 5.74) is 0. The van der Waals surface area contributed by atoms with Gasteiger partial charge in [0.05, 0.1) is 10.3 Å². The summed E-state index contributed by atoms with van der Waals surface area (Å²) in [5, 5.41) is 2.39. The molecule has 0 aromatic carbocycles. The quantitative estimate of drug-likeness (QED) is 0.555. The maximum Gasteiger partial charge on any atom is 0.116 e. The van der Waals surface area contributed by atoms with E-state index >= 15 is 0 Å². The molecule has 0 aliphatic carbocycles.